The van der Waals surface area contributed by atoms with Crippen LogP contribution in [0.1, 0.15) is 27.2 Å². The van der Waals surface area contributed by atoms with Gasteiger partial charge in [-0.3, -0.25) is 4.99 Å². The SMILES string of the molecule is CCO[SiH](C)CCCN=C(C)C. The smallest absolute Gasteiger partial charge is 0.173 e. The Balaban J connectivity index is 3.25. The zero-order valence-electron chi connectivity index (χ0n) is 8.76. The third-order valence-corrected chi connectivity index (χ3v) is 3.77. The highest BCUT2D eigenvalue weighted by molar-refractivity contribution is 6.50. The summed E-state index contributed by atoms with van der Waals surface area (Å²) >= 11 is 0. The van der Waals surface area contributed by atoms with Gasteiger partial charge in [-0.15, -0.1) is 0 Å². The fourth-order valence-electron chi connectivity index (χ4n) is 1.05. The van der Waals surface area contributed by atoms with Crippen molar-refractivity contribution in [1.29, 1.82) is 0 Å². The molecule has 12 heavy (non-hydrogen) atoms. The summed E-state index contributed by atoms with van der Waals surface area (Å²) in [5.41, 5.74) is 1.18. The Kier molecular flexibility index (Phi) is 7.40. The van der Waals surface area contributed by atoms with E-state index >= 15 is 0 Å². The van der Waals surface area contributed by atoms with E-state index in [1.165, 1.54) is 18.2 Å². The van der Waals surface area contributed by atoms with Crippen molar-refractivity contribution in [2.75, 3.05) is 13.2 Å². The lowest BCUT2D eigenvalue weighted by Crippen LogP contribution is -2.12. The highest BCUT2D eigenvalue weighted by Crippen LogP contribution is 1.99. The third-order valence-electron chi connectivity index (χ3n) is 1.65. The predicted octanol–water partition coefficient (Wildman–Crippen LogP) is 2.25. The van der Waals surface area contributed by atoms with E-state index in [4.69, 9.17) is 4.43 Å². The molecule has 72 valence electrons. The monoisotopic (exact) mass is 187 g/mol. The van der Waals surface area contributed by atoms with Crippen LogP contribution in [0.2, 0.25) is 12.6 Å². The molecule has 0 saturated carbocycles. The van der Waals surface area contributed by atoms with Gasteiger partial charge in [-0.25, -0.2) is 0 Å². The highest BCUT2D eigenvalue weighted by Gasteiger charge is 2.01. The van der Waals surface area contributed by atoms with E-state index in [0.717, 1.165) is 13.2 Å². The Morgan fingerprint density at radius 3 is 2.58 bits per heavy atom. The minimum atomic E-state index is -0.834. The average Bonchev–Trinajstić information content (AvgIpc) is 1.98. The van der Waals surface area contributed by atoms with Gasteiger partial charge < -0.3 is 4.43 Å². The molecule has 0 fully saturated rings. The Labute approximate surface area is 77.8 Å². The molecule has 3 heteroatoms. The topological polar surface area (TPSA) is 21.6 Å². The molecule has 0 heterocycles. The van der Waals surface area contributed by atoms with Crippen molar-refractivity contribution in [3.05, 3.63) is 0 Å². The van der Waals surface area contributed by atoms with E-state index in [1.54, 1.807) is 0 Å². The maximum Gasteiger partial charge on any atom is 0.173 e. The van der Waals surface area contributed by atoms with Crippen molar-refractivity contribution in [3.8, 4) is 0 Å². The van der Waals surface area contributed by atoms with Crippen LogP contribution in [0.4, 0.5) is 0 Å². The summed E-state index contributed by atoms with van der Waals surface area (Å²) in [4.78, 5) is 4.34. The van der Waals surface area contributed by atoms with Gasteiger partial charge in [0.05, 0.1) is 0 Å². The number of hydrogen-bond acceptors (Lipinski definition) is 2. The van der Waals surface area contributed by atoms with Crippen molar-refractivity contribution in [1.82, 2.24) is 0 Å². The summed E-state index contributed by atoms with van der Waals surface area (Å²) in [7, 11) is -0.834. The van der Waals surface area contributed by atoms with Crippen molar-refractivity contribution < 1.29 is 4.43 Å². The van der Waals surface area contributed by atoms with Crippen molar-refractivity contribution in [2.45, 2.75) is 39.8 Å². The molecule has 0 aromatic heterocycles. The molecule has 0 spiro atoms. The van der Waals surface area contributed by atoms with Gasteiger partial charge in [0.25, 0.3) is 0 Å². The number of hydrogen-bond donors (Lipinski definition) is 0. The van der Waals surface area contributed by atoms with Crippen LogP contribution in [0.25, 0.3) is 0 Å². The Bertz CT molecular complexity index is 132. The van der Waals surface area contributed by atoms with E-state index in [0.29, 0.717) is 0 Å². The molecule has 0 radical (unpaired) electrons. The summed E-state index contributed by atoms with van der Waals surface area (Å²) in [6.45, 7) is 10.3. The molecule has 0 rings (SSSR count). The lowest BCUT2D eigenvalue weighted by atomic mass is 10.4. The number of rotatable bonds is 6. The van der Waals surface area contributed by atoms with E-state index in [1.807, 2.05) is 13.8 Å². The zero-order chi connectivity index (χ0) is 9.40. The summed E-state index contributed by atoms with van der Waals surface area (Å²) < 4.78 is 5.54. The standard InChI is InChI=1S/C9H21NOSi/c1-5-11-12(4)8-6-7-10-9(2)3/h12H,5-8H2,1-4H3. The highest BCUT2D eigenvalue weighted by atomic mass is 28.3. The van der Waals surface area contributed by atoms with Gasteiger partial charge in [-0.05, 0) is 39.8 Å². The van der Waals surface area contributed by atoms with Crippen molar-refractivity contribution in [3.63, 3.8) is 0 Å². The molecule has 0 aliphatic heterocycles. The summed E-state index contributed by atoms with van der Waals surface area (Å²) in [5, 5.41) is 0. The fraction of sp³-hybridized carbons (Fsp3) is 0.889. The van der Waals surface area contributed by atoms with Crippen LogP contribution in [0.15, 0.2) is 4.99 Å². The van der Waals surface area contributed by atoms with Crippen LogP contribution >= 0.6 is 0 Å². The second-order valence-electron chi connectivity index (χ2n) is 3.24. The quantitative estimate of drug-likeness (QED) is 0.355. The van der Waals surface area contributed by atoms with Crippen LogP contribution in [0.5, 0.6) is 0 Å². The second kappa shape index (κ2) is 7.49. The van der Waals surface area contributed by atoms with E-state index in [9.17, 15) is 0 Å². The first-order chi connectivity index (χ1) is 5.66. The largest absolute Gasteiger partial charge is 0.421 e. The maximum atomic E-state index is 5.54. The predicted molar refractivity (Wildman–Crippen MR) is 57.7 cm³/mol. The molecule has 1 unspecified atom stereocenters. The third kappa shape index (κ3) is 7.95. The first kappa shape index (κ1) is 11.8. The Morgan fingerprint density at radius 1 is 1.42 bits per heavy atom. The van der Waals surface area contributed by atoms with Crippen LogP contribution in [0.3, 0.4) is 0 Å². The lowest BCUT2D eigenvalue weighted by Gasteiger charge is -2.07. The minimum absolute atomic E-state index is 0.834. The molecular weight excluding hydrogens is 166 g/mol. The van der Waals surface area contributed by atoms with Crippen LogP contribution < -0.4 is 0 Å². The van der Waals surface area contributed by atoms with Gasteiger partial charge in [0.15, 0.2) is 9.04 Å². The van der Waals surface area contributed by atoms with E-state index in [-0.39, 0.29) is 0 Å². The van der Waals surface area contributed by atoms with Crippen LogP contribution in [-0.2, 0) is 4.43 Å². The van der Waals surface area contributed by atoms with Gasteiger partial charge in [-0.1, -0.05) is 0 Å². The zero-order valence-corrected chi connectivity index (χ0v) is 9.92. The molecule has 0 N–H and O–H groups in total. The fourth-order valence-corrected chi connectivity index (χ4v) is 2.54. The van der Waals surface area contributed by atoms with Crippen molar-refractivity contribution >= 4 is 14.8 Å². The van der Waals surface area contributed by atoms with Gasteiger partial charge in [-0.2, -0.15) is 0 Å². The van der Waals surface area contributed by atoms with Gasteiger partial charge in [0.2, 0.25) is 0 Å². The average molecular weight is 187 g/mol. The normalized spacial score (nSPS) is 12.7. The summed E-state index contributed by atoms with van der Waals surface area (Å²) in [6, 6.07) is 1.25. The molecule has 0 aliphatic rings. The van der Waals surface area contributed by atoms with Gasteiger partial charge in [0.1, 0.15) is 0 Å². The Hall–Kier alpha value is -0.153. The Morgan fingerprint density at radius 2 is 2.08 bits per heavy atom. The van der Waals surface area contributed by atoms with E-state index in [2.05, 4.69) is 18.5 Å². The summed E-state index contributed by atoms with van der Waals surface area (Å²) in [5.74, 6) is 0. The molecule has 1 atom stereocenters. The molecule has 0 bridgehead atoms. The first-order valence-electron chi connectivity index (χ1n) is 4.76. The molecular formula is C9H21NOSi. The lowest BCUT2D eigenvalue weighted by molar-refractivity contribution is 0.345. The minimum Gasteiger partial charge on any atom is -0.421 e. The van der Waals surface area contributed by atoms with Gasteiger partial charge in [0, 0.05) is 18.9 Å². The molecule has 0 aromatic carbocycles. The van der Waals surface area contributed by atoms with E-state index < -0.39 is 9.04 Å². The second-order valence-corrected chi connectivity index (χ2v) is 5.77. The summed E-state index contributed by atoms with van der Waals surface area (Å²) in [6.07, 6.45) is 1.19. The van der Waals surface area contributed by atoms with Crippen molar-refractivity contribution in [2.24, 2.45) is 4.99 Å². The van der Waals surface area contributed by atoms with Crippen LogP contribution in [-0.4, -0.2) is 27.9 Å². The molecule has 2 nitrogen and oxygen atoms in total. The molecule has 0 amide bonds. The molecule has 0 aliphatic carbocycles. The molecule has 0 aromatic rings. The molecule has 0 saturated heterocycles. The first-order valence-corrected chi connectivity index (χ1v) is 7.20. The number of aliphatic imine (C=N–C) groups is 1. The van der Waals surface area contributed by atoms with Gasteiger partial charge >= 0.3 is 0 Å². The number of nitrogens with zero attached hydrogens (tertiary/aromatic N) is 1. The van der Waals surface area contributed by atoms with Crippen LogP contribution in [0, 0.1) is 0 Å². The maximum absolute atomic E-state index is 5.54.